The molecule has 1 unspecified atom stereocenters. The van der Waals surface area contributed by atoms with Crippen LogP contribution in [0.5, 0.6) is 0 Å². The molecule has 7 nitrogen and oxygen atoms in total. The number of imidazole rings is 2. The smallest absolute Gasteiger partial charge is 0.358 e. The molecule has 6 rings (SSSR count). The Morgan fingerprint density at radius 3 is 2.83 bits per heavy atom. The minimum Gasteiger partial charge on any atom is -0.464 e. The molecule has 150 valence electrons. The van der Waals surface area contributed by atoms with Crippen molar-refractivity contribution in [2.75, 3.05) is 7.11 Å². The number of aryl methyl sites for hydroxylation is 1. The van der Waals surface area contributed by atoms with Crippen LogP contribution >= 0.6 is 15.9 Å². The van der Waals surface area contributed by atoms with E-state index in [0.717, 1.165) is 24.0 Å². The highest BCUT2D eigenvalue weighted by atomic mass is 79.9. The minimum absolute atomic E-state index is 0.0629. The summed E-state index contributed by atoms with van der Waals surface area (Å²) < 4.78 is 23.1. The van der Waals surface area contributed by atoms with Crippen LogP contribution in [0.2, 0.25) is 0 Å². The highest BCUT2D eigenvalue weighted by Crippen LogP contribution is 2.54. The van der Waals surface area contributed by atoms with Crippen molar-refractivity contribution in [2.24, 2.45) is 7.05 Å². The largest absolute Gasteiger partial charge is 0.464 e. The molecule has 0 radical (unpaired) electrons. The van der Waals surface area contributed by atoms with Crippen LogP contribution in [0.4, 0.5) is 4.39 Å². The molecule has 1 N–H and O–H groups in total. The summed E-state index contributed by atoms with van der Waals surface area (Å²) in [6, 6.07) is 3.30. The van der Waals surface area contributed by atoms with Crippen molar-refractivity contribution < 1.29 is 19.0 Å². The number of methoxy groups -OCH3 is 1. The maximum atomic E-state index is 14.2. The van der Waals surface area contributed by atoms with E-state index < -0.39 is 12.1 Å². The van der Waals surface area contributed by atoms with E-state index in [2.05, 4.69) is 25.9 Å². The number of benzene rings is 1. The van der Waals surface area contributed by atoms with E-state index in [-0.39, 0.29) is 23.5 Å². The molecule has 9 heteroatoms. The standard InChI is InChI=1S/C20H18BrFN4O3/c1-25-8-23-7-15(25)18(27)17-16(20(28)29-2)24-19-12-5-13(21)14(22)6-11(12)9-3-10(4-9)26(17)19/h5-10,18,27H,3-4H2,1-2H3. The van der Waals surface area contributed by atoms with E-state index in [4.69, 9.17) is 4.74 Å². The van der Waals surface area contributed by atoms with Gasteiger partial charge in [-0.1, -0.05) is 0 Å². The number of aliphatic hydroxyl groups excluding tert-OH is 1. The highest BCUT2D eigenvalue weighted by molar-refractivity contribution is 9.10. The molecule has 2 aliphatic heterocycles. The lowest BCUT2D eigenvalue weighted by Crippen LogP contribution is -2.26. The van der Waals surface area contributed by atoms with Crippen LogP contribution < -0.4 is 0 Å². The predicted molar refractivity (Wildman–Crippen MR) is 105 cm³/mol. The molecule has 3 aliphatic rings. The molecule has 3 aromatic rings. The zero-order chi connectivity index (χ0) is 20.4. The van der Waals surface area contributed by atoms with Crippen LogP contribution in [0.3, 0.4) is 0 Å². The second-order valence-corrected chi connectivity index (χ2v) is 8.39. The van der Waals surface area contributed by atoms with Crippen LogP contribution in [-0.2, 0) is 11.8 Å². The zero-order valence-corrected chi connectivity index (χ0v) is 17.4. The molecule has 1 atom stereocenters. The van der Waals surface area contributed by atoms with Gasteiger partial charge in [-0.15, -0.1) is 0 Å². The number of hydrogen-bond donors (Lipinski definition) is 1. The number of carbonyl (C=O) groups is 1. The molecule has 0 saturated heterocycles. The fourth-order valence-electron chi connectivity index (χ4n) is 4.43. The molecule has 1 fully saturated rings. The summed E-state index contributed by atoms with van der Waals surface area (Å²) in [6.07, 6.45) is 3.63. The molecule has 0 amide bonds. The number of halogens is 2. The van der Waals surface area contributed by atoms with Gasteiger partial charge in [0, 0.05) is 18.7 Å². The average molecular weight is 461 g/mol. The monoisotopic (exact) mass is 460 g/mol. The van der Waals surface area contributed by atoms with Crippen molar-refractivity contribution >= 4 is 21.9 Å². The number of rotatable bonds is 3. The molecular formula is C20H18BrFN4O3. The maximum Gasteiger partial charge on any atom is 0.358 e. The third-order valence-corrected chi connectivity index (χ3v) is 6.58. The summed E-state index contributed by atoms with van der Waals surface area (Å²) in [5, 5.41) is 11.2. The van der Waals surface area contributed by atoms with Crippen molar-refractivity contribution in [1.82, 2.24) is 19.1 Å². The second kappa shape index (κ2) is 6.50. The number of esters is 1. The van der Waals surface area contributed by atoms with E-state index in [1.165, 1.54) is 7.11 Å². The Bertz CT molecular complexity index is 1150. The Morgan fingerprint density at radius 1 is 1.41 bits per heavy atom. The first kappa shape index (κ1) is 18.5. The van der Waals surface area contributed by atoms with Gasteiger partial charge < -0.3 is 19.0 Å². The molecule has 2 aromatic heterocycles. The van der Waals surface area contributed by atoms with Gasteiger partial charge in [-0.25, -0.2) is 19.2 Å². The number of hydrogen-bond acceptors (Lipinski definition) is 5. The number of nitrogens with zero attached hydrogens (tertiary/aromatic N) is 4. The van der Waals surface area contributed by atoms with Crippen LogP contribution in [0, 0.1) is 5.82 Å². The van der Waals surface area contributed by atoms with Gasteiger partial charge in [0.25, 0.3) is 0 Å². The van der Waals surface area contributed by atoms with E-state index in [1.54, 1.807) is 36.3 Å². The third-order valence-electron chi connectivity index (χ3n) is 5.97. The summed E-state index contributed by atoms with van der Waals surface area (Å²) in [7, 11) is 3.06. The number of aliphatic hydroxyl groups is 1. The van der Waals surface area contributed by atoms with Gasteiger partial charge in [0.15, 0.2) is 5.69 Å². The molecule has 1 aliphatic carbocycles. The summed E-state index contributed by atoms with van der Waals surface area (Å²) in [6.45, 7) is 0. The highest BCUT2D eigenvalue weighted by Gasteiger charge is 2.43. The molecule has 1 saturated carbocycles. The Balaban J connectivity index is 1.79. The first-order valence-electron chi connectivity index (χ1n) is 9.24. The molecule has 0 spiro atoms. The first-order chi connectivity index (χ1) is 13.9. The normalized spacial score (nSPS) is 20.3. The topological polar surface area (TPSA) is 82.2 Å². The third kappa shape index (κ3) is 2.60. The Labute approximate surface area is 174 Å². The quantitative estimate of drug-likeness (QED) is 0.604. The van der Waals surface area contributed by atoms with Gasteiger partial charge in [-0.05, 0) is 52.4 Å². The molecule has 29 heavy (non-hydrogen) atoms. The first-order valence-corrected chi connectivity index (χ1v) is 10.0. The van der Waals surface area contributed by atoms with Gasteiger partial charge in [0.1, 0.15) is 17.7 Å². The van der Waals surface area contributed by atoms with E-state index in [0.29, 0.717) is 21.7 Å². The van der Waals surface area contributed by atoms with Crippen LogP contribution in [0.25, 0.3) is 11.4 Å². The van der Waals surface area contributed by atoms with Crippen LogP contribution in [0.15, 0.2) is 29.1 Å². The Kier molecular flexibility index (Phi) is 4.15. The van der Waals surface area contributed by atoms with Gasteiger partial charge in [0.05, 0.1) is 35.5 Å². The van der Waals surface area contributed by atoms with E-state index >= 15 is 0 Å². The summed E-state index contributed by atoms with van der Waals surface area (Å²) in [4.78, 5) is 21.2. The van der Waals surface area contributed by atoms with Crippen molar-refractivity contribution in [2.45, 2.75) is 30.9 Å². The van der Waals surface area contributed by atoms with Gasteiger partial charge >= 0.3 is 5.97 Å². The van der Waals surface area contributed by atoms with Crippen molar-refractivity contribution in [3.8, 4) is 11.4 Å². The number of ether oxygens (including phenoxy) is 1. The van der Waals surface area contributed by atoms with Gasteiger partial charge in [0.2, 0.25) is 0 Å². The SMILES string of the molecule is COC(=O)c1nc2n(c1C(O)c1cncn1C)C1CC(C1)c1cc(F)c(Br)cc1-2. The van der Waals surface area contributed by atoms with Gasteiger partial charge in [-0.2, -0.15) is 0 Å². The average Bonchev–Trinajstić information content (AvgIpc) is 3.21. The Hall–Kier alpha value is -2.52. The van der Waals surface area contributed by atoms with E-state index in [1.807, 2.05) is 4.57 Å². The summed E-state index contributed by atoms with van der Waals surface area (Å²) in [5.41, 5.74) is 2.62. The fraction of sp³-hybridized carbons (Fsp3) is 0.350. The lowest BCUT2D eigenvalue weighted by Gasteiger charge is -2.36. The van der Waals surface area contributed by atoms with Crippen molar-refractivity contribution in [3.63, 3.8) is 0 Å². The molecule has 1 aromatic carbocycles. The fourth-order valence-corrected chi connectivity index (χ4v) is 4.77. The van der Waals surface area contributed by atoms with Crippen molar-refractivity contribution in [3.05, 3.63) is 57.6 Å². The number of aromatic nitrogens is 4. The molecular weight excluding hydrogens is 443 g/mol. The van der Waals surface area contributed by atoms with Crippen LogP contribution in [0.1, 0.15) is 58.3 Å². The lowest BCUT2D eigenvalue weighted by atomic mass is 9.75. The van der Waals surface area contributed by atoms with Crippen molar-refractivity contribution in [1.29, 1.82) is 0 Å². The number of carbonyl (C=O) groups excluding carboxylic acids is 1. The summed E-state index contributed by atoms with van der Waals surface area (Å²) >= 11 is 3.26. The molecule has 2 bridgehead atoms. The van der Waals surface area contributed by atoms with Crippen LogP contribution in [-0.4, -0.2) is 37.3 Å². The minimum atomic E-state index is -1.11. The van der Waals surface area contributed by atoms with E-state index in [9.17, 15) is 14.3 Å². The lowest BCUT2D eigenvalue weighted by molar-refractivity contribution is 0.0587. The second-order valence-electron chi connectivity index (χ2n) is 7.54. The molecule has 4 heterocycles. The predicted octanol–water partition coefficient (Wildman–Crippen LogP) is 3.49. The Morgan fingerprint density at radius 2 is 2.17 bits per heavy atom. The maximum absolute atomic E-state index is 14.2. The van der Waals surface area contributed by atoms with Gasteiger partial charge in [-0.3, -0.25) is 0 Å². The summed E-state index contributed by atoms with van der Waals surface area (Å²) in [5.74, 6) is -0.180. The zero-order valence-electron chi connectivity index (χ0n) is 15.8.